The molecule has 1 aromatic carbocycles. The summed E-state index contributed by atoms with van der Waals surface area (Å²) in [6, 6.07) is 4.81. The highest BCUT2D eigenvalue weighted by atomic mass is 16.5. The molecule has 0 bridgehead atoms. The molecule has 1 heterocycles. The zero-order valence-corrected chi connectivity index (χ0v) is 6.77. The lowest BCUT2D eigenvalue weighted by molar-refractivity contribution is 0.262. The zero-order valence-electron chi connectivity index (χ0n) is 6.77. The van der Waals surface area contributed by atoms with Crippen LogP contribution in [0.4, 0.5) is 5.69 Å². The fourth-order valence-corrected chi connectivity index (χ4v) is 1.24. The number of fused-ring (bicyclic) bond motifs is 1. The standard InChI is InChI=1S/C7H9BN2O3/c9-7-10-5-3-4(8(11)12)1-2-6(5)13-7/h1-3,7,10-12H,9H2. The van der Waals surface area contributed by atoms with Crippen molar-refractivity contribution >= 4 is 18.3 Å². The Hall–Kier alpha value is -1.24. The lowest BCUT2D eigenvalue weighted by atomic mass is 9.80. The van der Waals surface area contributed by atoms with Gasteiger partial charge in [-0.1, -0.05) is 6.07 Å². The van der Waals surface area contributed by atoms with Gasteiger partial charge in [-0.05, 0) is 17.6 Å². The average molecular weight is 180 g/mol. The molecule has 0 radical (unpaired) electrons. The van der Waals surface area contributed by atoms with E-state index in [1.165, 1.54) is 0 Å². The maximum atomic E-state index is 8.88. The summed E-state index contributed by atoms with van der Waals surface area (Å²) in [7, 11) is -1.47. The number of ether oxygens (including phenoxy) is 1. The lowest BCUT2D eigenvalue weighted by Crippen LogP contribution is -2.31. The fraction of sp³-hybridized carbons (Fsp3) is 0.143. The molecule has 1 atom stereocenters. The van der Waals surface area contributed by atoms with Crippen molar-refractivity contribution in [2.45, 2.75) is 6.35 Å². The molecule has 0 fully saturated rings. The van der Waals surface area contributed by atoms with Crippen LogP contribution in [0.3, 0.4) is 0 Å². The van der Waals surface area contributed by atoms with Gasteiger partial charge in [0.25, 0.3) is 0 Å². The highest BCUT2D eigenvalue weighted by Gasteiger charge is 2.20. The van der Waals surface area contributed by atoms with Gasteiger partial charge in [-0.3, -0.25) is 5.73 Å². The van der Waals surface area contributed by atoms with Gasteiger partial charge in [0, 0.05) is 0 Å². The van der Waals surface area contributed by atoms with Crippen LogP contribution in [-0.2, 0) is 0 Å². The number of hydrogen-bond acceptors (Lipinski definition) is 5. The molecule has 0 saturated carbocycles. The van der Waals surface area contributed by atoms with Crippen LogP contribution in [0.2, 0.25) is 0 Å². The summed E-state index contributed by atoms with van der Waals surface area (Å²) in [4.78, 5) is 0. The Morgan fingerprint density at radius 3 is 2.92 bits per heavy atom. The molecule has 0 amide bonds. The van der Waals surface area contributed by atoms with E-state index in [0.717, 1.165) is 0 Å². The molecule has 0 aromatic heterocycles. The molecule has 1 unspecified atom stereocenters. The van der Waals surface area contributed by atoms with E-state index >= 15 is 0 Å². The van der Waals surface area contributed by atoms with Gasteiger partial charge in [-0.25, -0.2) is 0 Å². The van der Waals surface area contributed by atoms with E-state index in [0.29, 0.717) is 16.9 Å². The van der Waals surface area contributed by atoms with Crippen molar-refractivity contribution < 1.29 is 14.8 Å². The summed E-state index contributed by atoms with van der Waals surface area (Å²) in [5.74, 6) is 0.622. The molecular formula is C7H9BN2O3. The second-order valence-corrected chi connectivity index (χ2v) is 2.81. The molecule has 1 aliphatic heterocycles. The highest BCUT2D eigenvalue weighted by molar-refractivity contribution is 6.58. The molecule has 0 saturated heterocycles. The molecule has 0 spiro atoms. The monoisotopic (exact) mass is 180 g/mol. The normalized spacial score (nSPS) is 18.8. The third-order valence-electron chi connectivity index (χ3n) is 1.85. The summed E-state index contributed by atoms with van der Waals surface area (Å²) in [5.41, 5.74) is 6.54. The van der Waals surface area contributed by atoms with Crippen molar-refractivity contribution in [3.05, 3.63) is 18.2 Å². The maximum absolute atomic E-state index is 8.88. The molecule has 13 heavy (non-hydrogen) atoms. The van der Waals surface area contributed by atoms with E-state index in [-0.39, 0.29) is 0 Å². The van der Waals surface area contributed by atoms with E-state index in [2.05, 4.69) is 5.32 Å². The van der Waals surface area contributed by atoms with Crippen molar-refractivity contribution in [2.24, 2.45) is 5.73 Å². The topological polar surface area (TPSA) is 87.7 Å². The first-order chi connectivity index (χ1) is 6.16. The van der Waals surface area contributed by atoms with Crippen LogP contribution in [0.25, 0.3) is 0 Å². The fourth-order valence-electron chi connectivity index (χ4n) is 1.24. The smallest absolute Gasteiger partial charge is 0.456 e. The van der Waals surface area contributed by atoms with E-state index in [9.17, 15) is 0 Å². The minimum absolute atomic E-state index is 0.406. The van der Waals surface area contributed by atoms with E-state index < -0.39 is 13.5 Å². The number of nitrogens with two attached hydrogens (primary N) is 1. The second-order valence-electron chi connectivity index (χ2n) is 2.81. The number of anilines is 1. The van der Waals surface area contributed by atoms with Gasteiger partial charge in [0.05, 0.1) is 5.69 Å². The first kappa shape index (κ1) is 8.37. The van der Waals surface area contributed by atoms with E-state index in [1.54, 1.807) is 18.2 Å². The summed E-state index contributed by atoms with van der Waals surface area (Å²) in [6.07, 6.45) is -0.555. The third-order valence-corrected chi connectivity index (χ3v) is 1.85. The third kappa shape index (κ3) is 1.46. The number of rotatable bonds is 1. The molecule has 68 valence electrons. The van der Waals surface area contributed by atoms with Crippen LogP contribution in [-0.4, -0.2) is 23.5 Å². The Balaban J connectivity index is 2.35. The maximum Gasteiger partial charge on any atom is 0.488 e. The largest absolute Gasteiger partial charge is 0.488 e. The van der Waals surface area contributed by atoms with Gasteiger partial charge in [-0.15, -0.1) is 0 Å². The summed E-state index contributed by atoms with van der Waals surface area (Å²) in [6.45, 7) is 0. The predicted octanol–water partition coefficient (Wildman–Crippen LogP) is -1.59. The van der Waals surface area contributed by atoms with Crippen molar-refractivity contribution in [2.75, 3.05) is 5.32 Å². The van der Waals surface area contributed by atoms with Gasteiger partial charge in [0.15, 0.2) is 0 Å². The Bertz CT molecular complexity index is 332. The molecule has 0 aliphatic carbocycles. The number of nitrogens with one attached hydrogen (secondary N) is 1. The molecule has 1 aliphatic rings. The predicted molar refractivity (Wildman–Crippen MR) is 48.5 cm³/mol. The van der Waals surface area contributed by atoms with Crippen LogP contribution < -0.4 is 21.3 Å². The van der Waals surface area contributed by atoms with Gasteiger partial charge in [-0.2, -0.15) is 0 Å². The van der Waals surface area contributed by atoms with Crippen LogP contribution in [0, 0.1) is 0 Å². The summed E-state index contributed by atoms with van der Waals surface area (Å²) < 4.78 is 5.14. The van der Waals surface area contributed by atoms with Crippen LogP contribution in [0.5, 0.6) is 5.75 Å². The minimum atomic E-state index is -1.47. The number of hydrogen-bond donors (Lipinski definition) is 4. The molecular weight excluding hydrogens is 171 g/mol. The van der Waals surface area contributed by atoms with Crippen molar-refractivity contribution in [1.29, 1.82) is 0 Å². The zero-order chi connectivity index (χ0) is 9.42. The van der Waals surface area contributed by atoms with Crippen LogP contribution in [0.15, 0.2) is 18.2 Å². The summed E-state index contributed by atoms with van der Waals surface area (Å²) >= 11 is 0. The quantitative estimate of drug-likeness (QED) is 0.391. The second kappa shape index (κ2) is 2.92. The summed E-state index contributed by atoms with van der Waals surface area (Å²) in [5, 5.41) is 20.6. The Morgan fingerprint density at radius 1 is 1.46 bits per heavy atom. The Labute approximate surface area is 75.3 Å². The van der Waals surface area contributed by atoms with Gasteiger partial charge in [0.2, 0.25) is 6.35 Å². The van der Waals surface area contributed by atoms with Gasteiger partial charge in [0.1, 0.15) is 5.75 Å². The van der Waals surface area contributed by atoms with E-state index in [4.69, 9.17) is 20.5 Å². The SMILES string of the molecule is NC1Nc2cc(B(O)O)ccc2O1. The van der Waals surface area contributed by atoms with Crippen LogP contribution in [0.1, 0.15) is 0 Å². The Kier molecular flexibility index (Phi) is 1.88. The van der Waals surface area contributed by atoms with Crippen molar-refractivity contribution in [3.8, 4) is 5.75 Å². The van der Waals surface area contributed by atoms with Crippen LogP contribution >= 0.6 is 0 Å². The van der Waals surface area contributed by atoms with Crippen molar-refractivity contribution in [1.82, 2.24) is 0 Å². The lowest BCUT2D eigenvalue weighted by Gasteiger charge is -2.00. The van der Waals surface area contributed by atoms with Gasteiger partial charge < -0.3 is 20.1 Å². The first-order valence-corrected chi connectivity index (χ1v) is 3.85. The van der Waals surface area contributed by atoms with Crippen molar-refractivity contribution in [3.63, 3.8) is 0 Å². The van der Waals surface area contributed by atoms with Gasteiger partial charge >= 0.3 is 7.12 Å². The highest BCUT2D eigenvalue weighted by Crippen LogP contribution is 2.28. The molecule has 5 nitrogen and oxygen atoms in total. The molecule has 6 heteroatoms. The molecule has 1 aromatic rings. The minimum Gasteiger partial charge on any atom is -0.456 e. The molecule has 5 N–H and O–H groups in total. The number of benzene rings is 1. The van der Waals surface area contributed by atoms with E-state index in [1.807, 2.05) is 0 Å². The average Bonchev–Trinajstić information content (AvgIpc) is 2.42. The molecule has 2 rings (SSSR count). The Morgan fingerprint density at radius 2 is 2.23 bits per heavy atom. The first-order valence-electron chi connectivity index (χ1n) is 3.85.